The van der Waals surface area contributed by atoms with Gasteiger partial charge in [-0.2, -0.15) is 0 Å². The number of amides is 1. The van der Waals surface area contributed by atoms with Crippen LogP contribution in [0.2, 0.25) is 0 Å². The van der Waals surface area contributed by atoms with Gasteiger partial charge in [0.15, 0.2) is 0 Å². The number of hydrogen-bond acceptors (Lipinski definition) is 2. The number of para-hydroxylation sites is 2. The second-order valence-corrected chi connectivity index (χ2v) is 7.33. The van der Waals surface area contributed by atoms with Crippen molar-refractivity contribution in [3.05, 3.63) is 108 Å². The van der Waals surface area contributed by atoms with E-state index in [0.29, 0.717) is 13.0 Å². The zero-order chi connectivity index (χ0) is 20.8. The second-order valence-electron chi connectivity index (χ2n) is 7.33. The molecule has 0 aliphatic carbocycles. The van der Waals surface area contributed by atoms with Gasteiger partial charge in [0.05, 0.1) is 23.5 Å². The van der Waals surface area contributed by atoms with Crippen molar-refractivity contribution in [2.24, 2.45) is 0 Å². The fourth-order valence-corrected chi connectivity index (χ4v) is 3.61. The Labute approximate surface area is 176 Å². The molecular weight excluding hydrogens is 370 g/mol. The van der Waals surface area contributed by atoms with Gasteiger partial charge in [0.25, 0.3) is 0 Å². The first-order valence-corrected chi connectivity index (χ1v) is 10.2. The average molecular weight is 396 g/mol. The lowest BCUT2D eigenvalue weighted by atomic mass is 10.1. The van der Waals surface area contributed by atoms with Crippen LogP contribution in [0.15, 0.2) is 91.0 Å². The maximum Gasteiger partial charge on any atom is 0.224 e. The Morgan fingerprint density at radius 1 is 0.967 bits per heavy atom. The standard InChI is InChI=1S/C26H25N3O/c1-20(27-25(30)19-22-13-6-3-7-14-22)26-28-23-16-8-9-17-24(23)29(26)18-10-15-21-11-4-2-5-12-21/h2-17,20H,18-19H2,1H3,(H,27,30)/b15-10+. The van der Waals surface area contributed by atoms with Gasteiger partial charge in [0.1, 0.15) is 5.82 Å². The first-order chi connectivity index (χ1) is 14.7. The van der Waals surface area contributed by atoms with E-state index in [0.717, 1.165) is 28.0 Å². The highest BCUT2D eigenvalue weighted by molar-refractivity contribution is 5.79. The highest BCUT2D eigenvalue weighted by Crippen LogP contribution is 2.21. The predicted molar refractivity (Wildman–Crippen MR) is 122 cm³/mol. The van der Waals surface area contributed by atoms with Gasteiger partial charge in [-0.3, -0.25) is 4.79 Å². The van der Waals surface area contributed by atoms with Gasteiger partial charge in [-0.1, -0.05) is 84.9 Å². The number of benzene rings is 3. The molecule has 1 unspecified atom stereocenters. The summed E-state index contributed by atoms with van der Waals surface area (Å²) in [7, 11) is 0. The number of imidazole rings is 1. The first kappa shape index (κ1) is 19.6. The van der Waals surface area contributed by atoms with Crippen LogP contribution in [-0.2, 0) is 17.8 Å². The molecule has 1 aromatic heterocycles. The van der Waals surface area contributed by atoms with Crippen molar-refractivity contribution in [2.75, 3.05) is 0 Å². The van der Waals surface area contributed by atoms with E-state index < -0.39 is 0 Å². The molecule has 0 aliphatic heterocycles. The number of allylic oxidation sites excluding steroid dienone is 1. The summed E-state index contributed by atoms with van der Waals surface area (Å²) in [5, 5.41) is 3.11. The lowest BCUT2D eigenvalue weighted by Gasteiger charge is -2.15. The molecule has 0 spiro atoms. The molecule has 3 aromatic carbocycles. The molecule has 0 saturated heterocycles. The molecule has 4 nitrogen and oxygen atoms in total. The summed E-state index contributed by atoms with van der Waals surface area (Å²) in [6, 6.07) is 27.9. The summed E-state index contributed by atoms with van der Waals surface area (Å²) in [6.07, 6.45) is 4.60. The molecule has 4 heteroatoms. The molecule has 0 radical (unpaired) electrons. The highest BCUT2D eigenvalue weighted by atomic mass is 16.1. The average Bonchev–Trinajstić information content (AvgIpc) is 3.14. The van der Waals surface area contributed by atoms with E-state index in [1.54, 1.807) is 0 Å². The molecule has 1 atom stereocenters. The van der Waals surface area contributed by atoms with Crippen molar-refractivity contribution in [2.45, 2.75) is 25.9 Å². The summed E-state index contributed by atoms with van der Waals surface area (Å²) >= 11 is 0. The van der Waals surface area contributed by atoms with Crippen molar-refractivity contribution in [3.8, 4) is 0 Å². The smallest absolute Gasteiger partial charge is 0.224 e. The molecule has 0 saturated carbocycles. The van der Waals surface area contributed by atoms with Crippen molar-refractivity contribution in [3.63, 3.8) is 0 Å². The third kappa shape index (κ3) is 4.66. The zero-order valence-electron chi connectivity index (χ0n) is 17.0. The molecule has 0 aliphatic rings. The predicted octanol–water partition coefficient (Wildman–Crippen LogP) is 5.17. The van der Waals surface area contributed by atoms with Gasteiger partial charge in [-0.25, -0.2) is 4.98 Å². The molecule has 0 bridgehead atoms. The molecule has 1 heterocycles. The lowest BCUT2D eigenvalue weighted by molar-refractivity contribution is -0.121. The van der Waals surface area contributed by atoms with Crippen molar-refractivity contribution < 1.29 is 4.79 Å². The summed E-state index contributed by atoms with van der Waals surface area (Å²) < 4.78 is 2.17. The van der Waals surface area contributed by atoms with Crippen LogP contribution in [0.25, 0.3) is 17.1 Å². The second kappa shape index (κ2) is 9.23. The highest BCUT2D eigenvalue weighted by Gasteiger charge is 2.18. The maximum absolute atomic E-state index is 12.6. The Balaban J connectivity index is 1.54. The van der Waals surface area contributed by atoms with Crippen LogP contribution in [-0.4, -0.2) is 15.5 Å². The Hall–Kier alpha value is -3.66. The van der Waals surface area contributed by atoms with Crippen molar-refractivity contribution in [1.29, 1.82) is 0 Å². The number of rotatable bonds is 7. The Morgan fingerprint density at radius 3 is 2.40 bits per heavy atom. The topological polar surface area (TPSA) is 46.9 Å². The number of nitrogens with zero attached hydrogens (tertiary/aromatic N) is 2. The minimum absolute atomic E-state index is 0.00728. The number of hydrogen-bond donors (Lipinski definition) is 1. The zero-order valence-corrected chi connectivity index (χ0v) is 17.0. The molecule has 1 N–H and O–H groups in total. The maximum atomic E-state index is 12.6. The third-order valence-corrected chi connectivity index (χ3v) is 5.05. The van der Waals surface area contributed by atoms with Gasteiger partial charge >= 0.3 is 0 Å². The van der Waals surface area contributed by atoms with Crippen LogP contribution in [0.4, 0.5) is 0 Å². The van der Waals surface area contributed by atoms with Gasteiger partial charge in [-0.15, -0.1) is 0 Å². The normalized spacial score (nSPS) is 12.3. The molecule has 0 fully saturated rings. The van der Waals surface area contributed by atoms with E-state index in [1.165, 1.54) is 0 Å². The first-order valence-electron chi connectivity index (χ1n) is 10.2. The van der Waals surface area contributed by atoms with Crippen LogP contribution in [0.1, 0.15) is 29.9 Å². The van der Waals surface area contributed by atoms with Crippen LogP contribution in [0, 0.1) is 0 Å². The molecule has 1 amide bonds. The molecular formula is C26H25N3O. The van der Waals surface area contributed by atoms with E-state index in [9.17, 15) is 4.79 Å². The van der Waals surface area contributed by atoms with Crippen LogP contribution < -0.4 is 5.32 Å². The summed E-state index contributed by atoms with van der Waals surface area (Å²) in [4.78, 5) is 17.4. The summed E-state index contributed by atoms with van der Waals surface area (Å²) in [5.41, 5.74) is 4.16. The van der Waals surface area contributed by atoms with Crippen molar-refractivity contribution in [1.82, 2.24) is 14.9 Å². The fourth-order valence-electron chi connectivity index (χ4n) is 3.61. The fraction of sp³-hybridized carbons (Fsp3) is 0.154. The molecule has 4 aromatic rings. The van der Waals surface area contributed by atoms with Gasteiger partial charge in [-0.05, 0) is 30.2 Å². The van der Waals surface area contributed by atoms with Crippen LogP contribution in [0.3, 0.4) is 0 Å². The van der Waals surface area contributed by atoms with Crippen molar-refractivity contribution >= 4 is 23.0 Å². The van der Waals surface area contributed by atoms with Crippen LogP contribution >= 0.6 is 0 Å². The summed E-state index contributed by atoms with van der Waals surface area (Å²) in [5.74, 6) is 0.849. The lowest BCUT2D eigenvalue weighted by Crippen LogP contribution is -2.30. The van der Waals surface area contributed by atoms with E-state index in [-0.39, 0.29) is 11.9 Å². The largest absolute Gasteiger partial charge is 0.346 e. The third-order valence-electron chi connectivity index (χ3n) is 5.05. The SMILES string of the molecule is CC(NC(=O)Cc1ccccc1)c1nc2ccccc2n1C/C=C/c1ccccc1. The Morgan fingerprint density at radius 2 is 1.63 bits per heavy atom. The number of carbonyl (C=O) groups excluding carboxylic acids is 1. The Kier molecular flexibility index (Phi) is 6.04. The number of carbonyl (C=O) groups is 1. The minimum atomic E-state index is -0.196. The van der Waals surface area contributed by atoms with Gasteiger partial charge in [0.2, 0.25) is 5.91 Å². The molecule has 150 valence electrons. The number of nitrogens with one attached hydrogen (secondary N) is 1. The van der Waals surface area contributed by atoms with E-state index in [2.05, 4.69) is 40.2 Å². The number of fused-ring (bicyclic) bond motifs is 1. The van der Waals surface area contributed by atoms with Gasteiger partial charge < -0.3 is 9.88 Å². The quantitative estimate of drug-likeness (QED) is 0.469. The number of aromatic nitrogens is 2. The van der Waals surface area contributed by atoms with Gasteiger partial charge in [0, 0.05) is 6.54 Å². The van der Waals surface area contributed by atoms with Crippen LogP contribution in [0.5, 0.6) is 0 Å². The summed E-state index contributed by atoms with van der Waals surface area (Å²) in [6.45, 7) is 2.67. The Bertz CT molecular complexity index is 1150. The molecule has 30 heavy (non-hydrogen) atoms. The minimum Gasteiger partial charge on any atom is -0.346 e. The van der Waals surface area contributed by atoms with E-state index >= 15 is 0 Å². The van der Waals surface area contributed by atoms with E-state index in [4.69, 9.17) is 4.98 Å². The van der Waals surface area contributed by atoms with E-state index in [1.807, 2.05) is 73.7 Å². The monoisotopic (exact) mass is 395 g/mol. The molecule has 4 rings (SSSR count).